The van der Waals surface area contributed by atoms with E-state index in [1.54, 1.807) is 0 Å². The van der Waals surface area contributed by atoms with Gasteiger partial charge in [0.2, 0.25) is 0 Å². The van der Waals surface area contributed by atoms with Crippen LogP contribution in [-0.2, 0) is 4.74 Å². The lowest BCUT2D eigenvalue weighted by molar-refractivity contribution is -0.158. The zero-order chi connectivity index (χ0) is 13.2. The first-order valence-electron chi connectivity index (χ1n) is 7.81. The summed E-state index contributed by atoms with van der Waals surface area (Å²) in [5.74, 6) is 0.848. The molecular weight excluding hydrogens is 222 g/mol. The third-order valence-electron chi connectivity index (χ3n) is 5.18. The van der Waals surface area contributed by atoms with Crippen LogP contribution in [0.4, 0.5) is 0 Å². The van der Waals surface area contributed by atoms with E-state index in [1.165, 1.54) is 38.5 Å². The third kappa shape index (κ3) is 3.27. The van der Waals surface area contributed by atoms with Gasteiger partial charge in [-0.1, -0.05) is 27.7 Å². The van der Waals surface area contributed by atoms with Crippen LogP contribution in [-0.4, -0.2) is 24.8 Å². The van der Waals surface area contributed by atoms with E-state index in [2.05, 4.69) is 33.0 Å². The second kappa shape index (κ2) is 5.50. The predicted molar refractivity (Wildman–Crippen MR) is 76.8 cm³/mol. The van der Waals surface area contributed by atoms with Crippen LogP contribution in [0.2, 0.25) is 0 Å². The molecule has 1 saturated carbocycles. The van der Waals surface area contributed by atoms with E-state index in [4.69, 9.17) is 4.74 Å². The van der Waals surface area contributed by atoms with E-state index < -0.39 is 0 Å². The zero-order valence-electron chi connectivity index (χ0n) is 12.7. The molecule has 0 aromatic heterocycles. The summed E-state index contributed by atoms with van der Waals surface area (Å²) in [6, 6.07) is 0.605. The Morgan fingerprint density at radius 1 is 1.33 bits per heavy atom. The van der Waals surface area contributed by atoms with E-state index in [9.17, 15) is 0 Å². The molecule has 0 radical (unpaired) electrons. The average molecular weight is 253 g/mol. The van der Waals surface area contributed by atoms with Crippen molar-refractivity contribution < 1.29 is 4.74 Å². The molecule has 2 fully saturated rings. The topological polar surface area (TPSA) is 21.3 Å². The highest BCUT2D eigenvalue weighted by atomic mass is 16.5. The molecule has 1 heterocycles. The first-order chi connectivity index (χ1) is 8.44. The molecule has 2 nitrogen and oxygen atoms in total. The standard InChI is InChI=1S/C16H31NO/c1-13(2)17-10-9-15(3,4)14-6-11-18-16(12-14)7-5-8-16/h13-14,17H,5-12H2,1-4H3. The van der Waals surface area contributed by atoms with Crippen LogP contribution >= 0.6 is 0 Å². The highest BCUT2D eigenvalue weighted by molar-refractivity contribution is 4.97. The van der Waals surface area contributed by atoms with Gasteiger partial charge in [0.1, 0.15) is 0 Å². The number of nitrogens with one attached hydrogen (secondary N) is 1. The van der Waals surface area contributed by atoms with Crippen molar-refractivity contribution >= 4 is 0 Å². The molecule has 0 bridgehead atoms. The summed E-state index contributed by atoms with van der Waals surface area (Å²) in [7, 11) is 0. The van der Waals surface area contributed by atoms with E-state index in [0.29, 0.717) is 17.1 Å². The highest BCUT2D eigenvalue weighted by Gasteiger charge is 2.45. The molecule has 0 aromatic carbocycles. The number of rotatable bonds is 5. The van der Waals surface area contributed by atoms with Gasteiger partial charge >= 0.3 is 0 Å². The lowest BCUT2D eigenvalue weighted by Gasteiger charge is -2.51. The molecule has 1 unspecified atom stereocenters. The van der Waals surface area contributed by atoms with Gasteiger partial charge in [0.25, 0.3) is 0 Å². The number of ether oxygens (including phenoxy) is 1. The lowest BCUT2D eigenvalue weighted by Crippen LogP contribution is -2.48. The molecule has 1 saturated heterocycles. The Morgan fingerprint density at radius 2 is 2.06 bits per heavy atom. The summed E-state index contributed by atoms with van der Waals surface area (Å²) in [4.78, 5) is 0. The van der Waals surface area contributed by atoms with Crippen molar-refractivity contribution in [2.45, 2.75) is 77.9 Å². The highest BCUT2D eigenvalue weighted by Crippen LogP contribution is 2.49. The lowest BCUT2D eigenvalue weighted by atomic mass is 9.64. The summed E-state index contributed by atoms with van der Waals surface area (Å²) < 4.78 is 6.05. The van der Waals surface area contributed by atoms with Crippen molar-refractivity contribution in [2.75, 3.05) is 13.2 Å². The van der Waals surface area contributed by atoms with Crippen molar-refractivity contribution in [3.05, 3.63) is 0 Å². The number of hydrogen-bond donors (Lipinski definition) is 1. The second-order valence-electron chi connectivity index (χ2n) is 7.42. The van der Waals surface area contributed by atoms with E-state index >= 15 is 0 Å². The van der Waals surface area contributed by atoms with Crippen LogP contribution in [0.1, 0.15) is 66.2 Å². The molecule has 2 aliphatic rings. The van der Waals surface area contributed by atoms with E-state index in [0.717, 1.165) is 19.1 Å². The fourth-order valence-corrected chi connectivity index (χ4v) is 3.50. The summed E-state index contributed by atoms with van der Waals surface area (Å²) in [5.41, 5.74) is 0.750. The maximum absolute atomic E-state index is 6.05. The maximum atomic E-state index is 6.05. The molecule has 1 aliphatic heterocycles. The van der Waals surface area contributed by atoms with Gasteiger partial charge in [0.05, 0.1) is 5.60 Å². The summed E-state index contributed by atoms with van der Waals surface area (Å²) >= 11 is 0. The van der Waals surface area contributed by atoms with Gasteiger partial charge in [0, 0.05) is 12.6 Å². The molecule has 1 spiro atoms. The zero-order valence-corrected chi connectivity index (χ0v) is 12.7. The maximum Gasteiger partial charge on any atom is 0.0685 e. The Hall–Kier alpha value is -0.0800. The normalized spacial score (nSPS) is 27.5. The van der Waals surface area contributed by atoms with Crippen LogP contribution in [0.15, 0.2) is 0 Å². The monoisotopic (exact) mass is 253 g/mol. The molecule has 1 atom stereocenters. The molecular formula is C16H31NO. The minimum absolute atomic E-state index is 0.297. The minimum Gasteiger partial charge on any atom is -0.375 e. The molecule has 1 N–H and O–H groups in total. The van der Waals surface area contributed by atoms with Crippen LogP contribution in [0, 0.1) is 11.3 Å². The van der Waals surface area contributed by atoms with Crippen LogP contribution in [0.5, 0.6) is 0 Å². The Labute approximate surface area is 113 Å². The second-order valence-corrected chi connectivity index (χ2v) is 7.42. The first kappa shape index (κ1) is 14.3. The van der Waals surface area contributed by atoms with E-state index in [-0.39, 0.29) is 0 Å². The van der Waals surface area contributed by atoms with E-state index in [1.807, 2.05) is 0 Å². The largest absolute Gasteiger partial charge is 0.375 e. The summed E-state index contributed by atoms with van der Waals surface area (Å²) in [6.45, 7) is 11.5. The van der Waals surface area contributed by atoms with Crippen LogP contribution in [0.3, 0.4) is 0 Å². The van der Waals surface area contributed by atoms with Gasteiger partial charge in [-0.2, -0.15) is 0 Å². The Balaban J connectivity index is 1.84. The first-order valence-corrected chi connectivity index (χ1v) is 7.81. The molecule has 0 aromatic rings. The van der Waals surface area contributed by atoms with Gasteiger partial charge in [-0.3, -0.25) is 0 Å². The number of hydrogen-bond acceptors (Lipinski definition) is 2. The fourth-order valence-electron chi connectivity index (χ4n) is 3.50. The average Bonchev–Trinajstić information content (AvgIpc) is 2.26. The summed E-state index contributed by atoms with van der Waals surface area (Å²) in [6.07, 6.45) is 7.85. The minimum atomic E-state index is 0.297. The quantitative estimate of drug-likeness (QED) is 0.805. The Kier molecular flexibility index (Phi) is 4.38. The molecule has 0 amide bonds. The fraction of sp³-hybridized carbons (Fsp3) is 1.00. The van der Waals surface area contributed by atoms with Crippen molar-refractivity contribution in [2.24, 2.45) is 11.3 Å². The van der Waals surface area contributed by atoms with Crippen molar-refractivity contribution in [3.63, 3.8) is 0 Å². The molecule has 2 rings (SSSR count). The van der Waals surface area contributed by atoms with Gasteiger partial charge in [-0.25, -0.2) is 0 Å². The molecule has 106 valence electrons. The van der Waals surface area contributed by atoms with Gasteiger partial charge in [0.15, 0.2) is 0 Å². The third-order valence-corrected chi connectivity index (χ3v) is 5.18. The summed E-state index contributed by atoms with van der Waals surface area (Å²) in [5, 5.41) is 3.56. The van der Waals surface area contributed by atoms with Crippen molar-refractivity contribution in [3.8, 4) is 0 Å². The van der Waals surface area contributed by atoms with Crippen molar-refractivity contribution in [1.29, 1.82) is 0 Å². The molecule has 18 heavy (non-hydrogen) atoms. The predicted octanol–water partition coefficient (Wildman–Crippen LogP) is 3.75. The molecule has 1 aliphatic carbocycles. The Bertz CT molecular complexity index is 268. The van der Waals surface area contributed by atoms with Gasteiger partial charge in [-0.15, -0.1) is 0 Å². The smallest absolute Gasteiger partial charge is 0.0685 e. The Morgan fingerprint density at radius 3 is 2.61 bits per heavy atom. The van der Waals surface area contributed by atoms with Gasteiger partial charge < -0.3 is 10.1 Å². The van der Waals surface area contributed by atoms with Crippen LogP contribution < -0.4 is 5.32 Å². The van der Waals surface area contributed by atoms with Crippen LogP contribution in [0.25, 0.3) is 0 Å². The SMILES string of the molecule is CC(C)NCCC(C)(C)C1CCOC2(CCC2)C1. The molecule has 2 heteroatoms. The van der Waals surface area contributed by atoms with Gasteiger partial charge in [-0.05, 0) is 56.4 Å². The van der Waals surface area contributed by atoms with Crippen molar-refractivity contribution in [1.82, 2.24) is 5.32 Å².